The van der Waals surface area contributed by atoms with E-state index in [1.807, 2.05) is 18.7 Å². The summed E-state index contributed by atoms with van der Waals surface area (Å²) in [5.74, 6) is -0.154. The molecule has 114 valence electrons. The zero-order valence-corrected chi connectivity index (χ0v) is 12.5. The van der Waals surface area contributed by atoms with Gasteiger partial charge >= 0.3 is 5.97 Å². The minimum atomic E-state index is -0.741. The van der Waals surface area contributed by atoms with E-state index in [4.69, 9.17) is 9.84 Å². The van der Waals surface area contributed by atoms with Crippen molar-refractivity contribution in [3.8, 4) is 0 Å². The summed E-state index contributed by atoms with van der Waals surface area (Å²) in [5.41, 5.74) is 0. The number of rotatable bonds is 3. The number of carboxylic acids is 1. The van der Waals surface area contributed by atoms with Gasteiger partial charge in [-0.25, -0.2) is 0 Å². The van der Waals surface area contributed by atoms with Crippen LogP contribution in [0, 0.1) is 17.8 Å². The molecule has 2 heterocycles. The van der Waals surface area contributed by atoms with Gasteiger partial charge in [-0.05, 0) is 38.5 Å². The van der Waals surface area contributed by atoms with Crippen LogP contribution in [0.5, 0.6) is 0 Å². The van der Waals surface area contributed by atoms with Crippen molar-refractivity contribution < 1.29 is 19.4 Å². The van der Waals surface area contributed by atoms with Crippen LogP contribution < -0.4 is 0 Å². The van der Waals surface area contributed by atoms with Crippen molar-refractivity contribution in [3.63, 3.8) is 0 Å². The zero-order chi connectivity index (χ0) is 14.9. The molecule has 4 unspecified atom stereocenters. The summed E-state index contributed by atoms with van der Waals surface area (Å²) in [6.07, 6.45) is 1.92. The molecule has 4 atom stereocenters. The maximum Gasteiger partial charge on any atom is 0.303 e. The van der Waals surface area contributed by atoms with Crippen molar-refractivity contribution in [3.05, 3.63) is 0 Å². The van der Waals surface area contributed by atoms with E-state index in [1.165, 1.54) is 0 Å². The lowest BCUT2D eigenvalue weighted by molar-refractivity contribution is -0.140. The average Bonchev–Trinajstić information content (AvgIpc) is 2.63. The maximum atomic E-state index is 12.6. The summed E-state index contributed by atoms with van der Waals surface area (Å²) >= 11 is 0. The van der Waals surface area contributed by atoms with E-state index in [0.29, 0.717) is 13.1 Å². The first-order chi connectivity index (χ1) is 9.40. The monoisotopic (exact) mass is 283 g/mol. The third kappa shape index (κ3) is 3.14. The molecule has 0 saturated carbocycles. The van der Waals surface area contributed by atoms with Gasteiger partial charge in [0.1, 0.15) is 0 Å². The molecule has 2 fully saturated rings. The predicted octanol–water partition coefficient (Wildman–Crippen LogP) is 1.76. The Morgan fingerprint density at radius 2 is 1.75 bits per heavy atom. The van der Waals surface area contributed by atoms with Gasteiger partial charge in [-0.1, -0.05) is 6.92 Å². The second-order valence-electron chi connectivity index (χ2n) is 6.30. The second-order valence-corrected chi connectivity index (χ2v) is 6.30. The van der Waals surface area contributed by atoms with Crippen molar-refractivity contribution in [1.29, 1.82) is 0 Å². The fraction of sp³-hybridized carbons (Fsp3) is 0.867. The largest absolute Gasteiger partial charge is 0.481 e. The lowest BCUT2D eigenvalue weighted by atomic mass is 9.86. The van der Waals surface area contributed by atoms with Gasteiger partial charge in [0, 0.05) is 19.5 Å². The number of amides is 1. The fourth-order valence-electron chi connectivity index (χ4n) is 3.51. The standard InChI is InChI=1S/C15H25NO4/c1-9-10(2)20-11(3)14(9)15(19)16-6-4-12(5-7-16)8-13(17)18/h9-12,14H,4-8H2,1-3H3,(H,17,18). The van der Waals surface area contributed by atoms with Gasteiger partial charge in [0.2, 0.25) is 5.91 Å². The molecule has 0 spiro atoms. The number of nitrogens with zero attached hydrogens (tertiary/aromatic N) is 1. The van der Waals surface area contributed by atoms with Crippen LogP contribution >= 0.6 is 0 Å². The highest BCUT2D eigenvalue weighted by Gasteiger charge is 2.43. The molecule has 20 heavy (non-hydrogen) atoms. The zero-order valence-electron chi connectivity index (χ0n) is 12.5. The molecule has 0 aromatic heterocycles. The van der Waals surface area contributed by atoms with Crippen LogP contribution in [0.2, 0.25) is 0 Å². The highest BCUT2D eigenvalue weighted by Crippen LogP contribution is 2.34. The first-order valence-corrected chi connectivity index (χ1v) is 7.56. The number of aliphatic carboxylic acids is 1. The molecule has 2 saturated heterocycles. The Hall–Kier alpha value is -1.10. The number of carboxylic acid groups (broad SMARTS) is 1. The van der Waals surface area contributed by atoms with Crippen molar-refractivity contribution in [2.24, 2.45) is 17.8 Å². The highest BCUT2D eigenvalue weighted by atomic mass is 16.5. The Kier molecular flexibility index (Phi) is 4.68. The fourth-order valence-corrected chi connectivity index (χ4v) is 3.51. The van der Waals surface area contributed by atoms with Gasteiger partial charge in [0.25, 0.3) is 0 Å². The molecule has 2 aliphatic heterocycles. The van der Waals surface area contributed by atoms with Crippen LogP contribution in [-0.2, 0) is 14.3 Å². The van der Waals surface area contributed by atoms with Crippen LogP contribution in [0.1, 0.15) is 40.0 Å². The van der Waals surface area contributed by atoms with Gasteiger partial charge in [-0.2, -0.15) is 0 Å². The van der Waals surface area contributed by atoms with Crippen molar-refractivity contribution in [2.45, 2.75) is 52.2 Å². The van der Waals surface area contributed by atoms with Gasteiger partial charge in [-0.15, -0.1) is 0 Å². The molecule has 2 rings (SSSR count). The average molecular weight is 283 g/mol. The number of ether oxygens (including phenoxy) is 1. The van der Waals surface area contributed by atoms with Crippen LogP contribution in [0.3, 0.4) is 0 Å². The quantitative estimate of drug-likeness (QED) is 0.857. The molecular formula is C15H25NO4. The van der Waals surface area contributed by atoms with Crippen molar-refractivity contribution in [1.82, 2.24) is 4.90 Å². The normalized spacial score (nSPS) is 35.2. The Labute approximate surface area is 120 Å². The smallest absolute Gasteiger partial charge is 0.303 e. The Morgan fingerprint density at radius 3 is 2.20 bits per heavy atom. The molecule has 0 aromatic rings. The third-order valence-electron chi connectivity index (χ3n) is 4.92. The Bertz CT molecular complexity index is 376. The number of piperidine rings is 1. The Balaban J connectivity index is 1.90. The Morgan fingerprint density at radius 1 is 1.15 bits per heavy atom. The minimum Gasteiger partial charge on any atom is -0.481 e. The van der Waals surface area contributed by atoms with Crippen LogP contribution in [0.15, 0.2) is 0 Å². The molecule has 5 nitrogen and oxygen atoms in total. The maximum absolute atomic E-state index is 12.6. The third-order valence-corrected chi connectivity index (χ3v) is 4.92. The molecule has 0 aliphatic carbocycles. The highest BCUT2D eigenvalue weighted by molar-refractivity contribution is 5.80. The summed E-state index contributed by atoms with van der Waals surface area (Å²) in [7, 11) is 0. The van der Waals surface area contributed by atoms with Crippen molar-refractivity contribution >= 4 is 11.9 Å². The SMILES string of the molecule is CC1OC(C)C(C(=O)N2CCC(CC(=O)O)CC2)C1C. The summed E-state index contributed by atoms with van der Waals surface area (Å²) < 4.78 is 5.75. The number of carbonyl (C=O) groups is 2. The molecule has 0 aromatic carbocycles. The first-order valence-electron chi connectivity index (χ1n) is 7.56. The summed E-state index contributed by atoms with van der Waals surface area (Å²) in [6.45, 7) is 7.43. The number of carbonyl (C=O) groups excluding carboxylic acids is 1. The number of likely N-dealkylation sites (tertiary alicyclic amines) is 1. The summed E-state index contributed by atoms with van der Waals surface area (Å²) in [4.78, 5) is 25.2. The van der Waals surface area contributed by atoms with E-state index in [9.17, 15) is 9.59 Å². The molecule has 1 amide bonds. The second kappa shape index (κ2) is 6.12. The van der Waals surface area contributed by atoms with E-state index in [1.54, 1.807) is 0 Å². The topological polar surface area (TPSA) is 66.8 Å². The van der Waals surface area contributed by atoms with Crippen LogP contribution in [0.4, 0.5) is 0 Å². The van der Waals surface area contributed by atoms with Crippen LogP contribution in [0.25, 0.3) is 0 Å². The van der Waals surface area contributed by atoms with Crippen molar-refractivity contribution in [2.75, 3.05) is 13.1 Å². The van der Waals surface area contributed by atoms with E-state index < -0.39 is 5.97 Å². The molecule has 2 aliphatic rings. The molecule has 0 bridgehead atoms. The van der Waals surface area contributed by atoms with Gasteiger partial charge in [-0.3, -0.25) is 9.59 Å². The van der Waals surface area contributed by atoms with E-state index >= 15 is 0 Å². The van der Waals surface area contributed by atoms with Gasteiger partial charge in [0.05, 0.1) is 18.1 Å². The molecular weight excluding hydrogens is 258 g/mol. The van der Waals surface area contributed by atoms with Crippen LogP contribution in [-0.4, -0.2) is 47.2 Å². The number of hydrogen-bond donors (Lipinski definition) is 1. The number of hydrogen-bond acceptors (Lipinski definition) is 3. The summed E-state index contributed by atoms with van der Waals surface area (Å²) in [5, 5.41) is 8.81. The molecule has 0 radical (unpaired) electrons. The van der Waals surface area contributed by atoms with E-state index in [0.717, 1.165) is 12.8 Å². The first kappa shape index (κ1) is 15.3. The van der Waals surface area contributed by atoms with Gasteiger partial charge in [0.15, 0.2) is 0 Å². The lowest BCUT2D eigenvalue weighted by Gasteiger charge is -2.34. The predicted molar refractivity (Wildman–Crippen MR) is 74.2 cm³/mol. The van der Waals surface area contributed by atoms with Gasteiger partial charge < -0.3 is 14.7 Å². The minimum absolute atomic E-state index is 0.0238. The summed E-state index contributed by atoms with van der Waals surface area (Å²) in [6, 6.07) is 0. The molecule has 5 heteroatoms. The van der Waals surface area contributed by atoms with E-state index in [-0.39, 0.29) is 42.3 Å². The molecule has 1 N–H and O–H groups in total. The van der Waals surface area contributed by atoms with E-state index in [2.05, 4.69) is 6.92 Å². The lowest BCUT2D eigenvalue weighted by Crippen LogP contribution is -2.45.